The number of rotatable bonds is 3. The summed E-state index contributed by atoms with van der Waals surface area (Å²) in [6.45, 7) is 4.08. The average molecular weight is 283 g/mol. The van der Waals surface area contributed by atoms with Gasteiger partial charge in [-0.15, -0.1) is 0 Å². The SMILES string of the molecule is CCc1ccc(C(N)c2oc3cc(F)ccc3c2C)cc1. The molecule has 1 heterocycles. The van der Waals surface area contributed by atoms with Gasteiger partial charge in [0.25, 0.3) is 0 Å². The zero-order chi connectivity index (χ0) is 15.0. The first-order chi connectivity index (χ1) is 10.1. The second-order valence-corrected chi connectivity index (χ2v) is 5.30. The predicted octanol–water partition coefficient (Wildman–Crippen LogP) is 4.49. The second-order valence-electron chi connectivity index (χ2n) is 5.30. The van der Waals surface area contributed by atoms with Crippen molar-refractivity contribution in [2.75, 3.05) is 0 Å². The van der Waals surface area contributed by atoms with Gasteiger partial charge in [0.15, 0.2) is 0 Å². The first-order valence-corrected chi connectivity index (χ1v) is 7.13. The van der Waals surface area contributed by atoms with Gasteiger partial charge in [-0.05, 0) is 36.6 Å². The van der Waals surface area contributed by atoms with Gasteiger partial charge in [0.05, 0.1) is 6.04 Å². The number of furan rings is 1. The molecule has 0 aliphatic carbocycles. The zero-order valence-electron chi connectivity index (χ0n) is 12.2. The van der Waals surface area contributed by atoms with Crippen molar-refractivity contribution in [3.05, 3.63) is 70.7 Å². The van der Waals surface area contributed by atoms with E-state index in [-0.39, 0.29) is 11.9 Å². The van der Waals surface area contributed by atoms with Crippen LogP contribution in [0.15, 0.2) is 46.9 Å². The molecule has 0 radical (unpaired) electrons. The maximum Gasteiger partial charge on any atom is 0.137 e. The summed E-state index contributed by atoms with van der Waals surface area (Å²) in [5.74, 6) is 0.392. The average Bonchev–Trinajstić information content (AvgIpc) is 2.83. The third-order valence-corrected chi connectivity index (χ3v) is 3.97. The van der Waals surface area contributed by atoms with Crippen molar-refractivity contribution in [3.63, 3.8) is 0 Å². The highest BCUT2D eigenvalue weighted by Crippen LogP contribution is 2.31. The van der Waals surface area contributed by atoms with Crippen molar-refractivity contribution in [1.29, 1.82) is 0 Å². The van der Waals surface area contributed by atoms with Gasteiger partial charge in [0.1, 0.15) is 17.2 Å². The fraction of sp³-hybridized carbons (Fsp3) is 0.222. The van der Waals surface area contributed by atoms with Crippen molar-refractivity contribution in [3.8, 4) is 0 Å². The Morgan fingerprint density at radius 3 is 2.52 bits per heavy atom. The van der Waals surface area contributed by atoms with E-state index in [2.05, 4.69) is 19.1 Å². The van der Waals surface area contributed by atoms with Gasteiger partial charge in [0, 0.05) is 17.0 Å². The van der Waals surface area contributed by atoms with Crippen LogP contribution in [-0.2, 0) is 6.42 Å². The van der Waals surface area contributed by atoms with E-state index < -0.39 is 0 Å². The van der Waals surface area contributed by atoms with E-state index in [9.17, 15) is 4.39 Å². The molecule has 108 valence electrons. The molecule has 1 atom stereocenters. The Bertz CT molecular complexity index is 774. The van der Waals surface area contributed by atoms with E-state index in [0.717, 1.165) is 22.9 Å². The monoisotopic (exact) mass is 283 g/mol. The molecule has 3 aromatic rings. The molecule has 2 nitrogen and oxygen atoms in total. The molecular weight excluding hydrogens is 265 g/mol. The van der Waals surface area contributed by atoms with Crippen LogP contribution in [0.25, 0.3) is 11.0 Å². The van der Waals surface area contributed by atoms with Crippen molar-refractivity contribution in [2.45, 2.75) is 26.3 Å². The molecule has 0 fully saturated rings. The van der Waals surface area contributed by atoms with Gasteiger partial charge >= 0.3 is 0 Å². The third-order valence-electron chi connectivity index (χ3n) is 3.97. The lowest BCUT2D eigenvalue weighted by Crippen LogP contribution is -2.12. The molecule has 1 unspecified atom stereocenters. The highest BCUT2D eigenvalue weighted by molar-refractivity contribution is 5.82. The summed E-state index contributed by atoms with van der Waals surface area (Å²) in [4.78, 5) is 0. The molecule has 3 rings (SSSR count). The topological polar surface area (TPSA) is 39.2 Å². The summed E-state index contributed by atoms with van der Waals surface area (Å²) >= 11 is 0. The van der Waals surface area contributed by atoms with Gasteiger partial charge < -0.3 is 10.2 Å². The van der Waals surface area contributed by atoms with E-state index in [1.807, 2.05) is 19.1 Å². The first kappa shape index (κ1) is 13.8. The molecular formula is C18H18FNO. The fourth-order valence-corrected chi connectivity index (χ4v) is 2.63. The van der Waals surface area contributed by atoms with E-state index in [4.69, 9.17) is 10.2 Å². The zero-order valence-corrected chi connectivity index (χ0v) is 12.2. The van der Waals surface area contributed by atoms with Crippen LogP contribution in [0.3, 0.4) is 0 Å². The van der Waals surface area contributed by atoms with E-state index in [1.165, 1.54) is 17.7 Å². The fourth-order valence-electron chi connectivity index (χ4n) is 2.63. The molecule has 3 heteroatoms. The van der Waals surface area contributed by atoms with E-state index in [1.54, 1.807) is 6.07 Å². The Morgan fingerprint density at radius 1 is 1.14 bits per heavy atom. The number of hydrogen-bond donors (Lipinski definition) is 1. The number of halogens is 1. The van der Waals surface area contributed by atoms with Gasteiger partial charge in [-0.25, -0.2) is 4.39 Å². The summed E-state index contributed by atoms with van der Waals surface area (Å²) in [6.07, 6.45) is 0.998. The van der Waals surface area contributed by atoms with Crippen molar-refractivity contribution in [2.24, 2.45) is 5.73 Å². The van der Waals surface area contributed by atoms with Gasteiger partial charge in [-0.1, -0.05) is 31.2 Å². The maximum atomic E-state index is 13.3. The molecule has 0 amide bonds. The van der Waals surface area contributed by atoms with Crippen LogP contribution in [0.4, 0.5) is 4.39 Å². The van der Waals surface area contributed by atoms with E-state index in [0.29, 0.717) is 11.3 Å². The minimum atomic E-state index is -0.341. The number of aryl methyl sites for hydroxylation is 2. The van der Waals surface area contributed by atoms with Gasteiger partial charge in [-0.3, -0.25) is 0 Å². The smallest absolute Gasteiger partial charge is 0.137 e. The van der Waals surface area contributed by atoms with Crippen molar-refractivity contribution < 1.29 is 8.81 Å². The molecule has 0 aliphatic rings. The molecule has 2 aromatic carbocycles. The Balaban J connectivity index is 2.04. The number of benzene rings is 2. The molecule has 21 heavy (non-hydrogen) atoms. The van der Waals surface area contributed by atoms with Gasteiger partial charge in [0.2, 0.25) is 0 Å². The van der Waals surface area contributed by atoms with Crippen molar-refractivity contribution in [1.82, 2.24) is 0 Å². The van der Waals surface area contributed by atoms with Crippen LogP contribution in [0.1, 0.15) is 35.4 Å². The normalized spacial score (nSPS) is 12.8. The van der Waals surface area contributed by atoms with Crippen molar-refractivity contribution >= 4 is 11.0 Å². The van der Waals surface area contributed by atoms with Crippen LogP contribution in [0.5, 0.6) is 0 Å². The Kier molecular flexibility index (Phi) is 3.52. The summed E-state index contributed by atoms with van der Waals surface area (Å²) in [5.41, 5.74) is 10.1. The molecule has 2 N–H and O–H groups in total. The largest absolute Gasteiger partial charge is 0.459 e. The molecule has 0 bridgehead atoms. The summed E-state index contributed by atoms with van der Waals surface area (Å²) in [7, 11) is 0. The number of hydrogen-bond acceptors (Lipinski definition) is 2. The molecule has 0 aliphatic heterocycles. The van der Waals surface area contributed by atoms with Crippen LogP contribution in [-0.4, -0.2) is 0 Å². The minimum Gasteiger partial charge on any atom is -0.459 e. The number of nitrogens with two attached hydrogens (primary N) is 1. The van der Waals surface area contributed by atoms with Crippen LogP contribution in [0, 0.1) is 12.7 Å². The lowest BCUT2D eigenvalue weighted by Gasteiger charge is -2.11. The lowest BCUT2D eigenvalue weighted by atomic mass is 10.00. The third kappa shape index (κ3) is 2.45. The van der Waals surface area contributed by atoms with E-state index >= 15 is 0 Å². The molecule has 0 saturated heterocycles. The summed E-state index contributed by atoms with van der Waals surface area (Å²) in [5, 5.41) is 0.909. The minimum absolute atomic E-state index is 0.302. The molecule has 0 saturated carbocycles. The molecule has 0 spiro atoms. The maximum absolute atomic E-state index is 13.3. The lowest BCUT2D eigenvalue weighted by molar-refractivity contribution is 0.518. The van der Waals surface area contributed by atoms with Gasteiger partial charge in [-0.2, -0.15) is 0 Å². The van der Waals surface area contributed by atoms with Crippen LogP contribution in [0.2, 0.25) is 0 Å². The number of fused-ring (bicyclic) bond motifs is 1. The molecule has 1 aromatic heterocycles. The summed E-state index contributed by atoms with van der Waals surface area (Å²) < 4.78 is 19.1. The van der Waals surface area contributed by atoms with Crippen LogP contribution >= 0.6 is 0 Å². The predicted molar refractivity (Wildman–Crippen MR) is 82.8 cm³/mol. The highest BCUT2D eigenvalue weighted by Gasteiger charge is 2.18. The Morgan fingerprint density at radius 2 is 1.86 bits per heavy atom. The van der Waals surface area contributed by atoms with Crippen LogP contribution < -0.4 is 5.73 Å². The summed E-state index contributed by atoms with van der Waals surface area (Å²) in [6, 6.07) is 12.4. The standard InChI is InChI=1S/C18H18FNO/c1-3-12-4-6-13(7-5-12)17(20)18-11(2)15-9-8-14(19)10-16(15)21-18/h4-10,17H,3,20H2,1-2H3. The quantitative estimate of drug-likeness (QED) is 0.769. The Hall–Kier alpha value is -2.13. The second kappa shape index (κ2) is 5.34. The first-order valence-electron chi connectivity index (χ1n) is 7.13. The Labute approximate surface area is 123 Å². The highest BCUT2D eigenvalue weighted by atomic mass is 19.1.